The fraction of sp³-hybridized carbons (Fsp3) is 0.533. The molecule has 0 unspecified atom stereocenters. The predicted octanol–water partition coefficient (Wildman–Crippen LogP) is 3.43. The molecule has 1 aliphatic rings. The second kappa shape index (κ2) is 7.09. The van der Waals surface area contributed by atoms with Crippen LogP contribution in [0.5, 0.6) is 0 Å². The number of piperidine rings is 1. The van der Waals surface area contributed by atoms with Gasteiger partial charge in [0.2, 0.25) is 0 Å². The van der Waals surface area contributed by atoms with Gasteiger partial charge >= 0.3 is 5.97 Å². The molecule has 0 aliphatic carbocycles. The van der Waals surface area contributed by atoms with E-state index in [4.69, 9.17) is 0 Å². The first kappa shape index (κ1) is 15.3. The van der Waals surface area contributed by atoms with E-state index in [0.717, 1.165) is 36.9 Å². The maximum absolute atomic E-state index is 11.2. The van der Waals surface area contributed by atoms with Crippen LogP contribution in [-0.2, 0) is 0 Å². The number of benzene rings is 1. The third-order valence-electron chi connectivity index (χ3n) is 3.70. The maximum atomic E-state index is 11.2. The van der Waals surface area contributed by atoms with Crippen molar-refractivity contribution >= 4 is 27.6 Å². The highest BCUT2D eigenvalue weighted by atomic mass is 79.9. The van der Waals surface area contributed by atoms with Gasteiger partial charge in [-0.3, -0.25) is 0 Å². The summed E-state index contributed by atoms with van der Waals surface area (Å²) < 4.78 is 0.897. The fourth-order valence-corrected chi connectivity index (χ4v) is 3.02. The number of carbonyl (C=O) groups is 1. The van der Waals surface area contributed by atoms with Gasteiger partial charge in [-0.05, 0) is 44.0 Å². The van der Waals surface area contributed by atoms with Crippen molar-refractivity contribution in [3.63, 3.8) is 0 Å². The van der Waals surface area contributed by atoms with Crippen molar-refractivity contribution in [2.75, 3.05) is 25.0 Å². The molecule has 0 atom stereocenters. The number of rotatable bonds is 5. The standard InChI is InChI=1S/C15H21BrN2O2/c1-2-7-18-8-5-12(6-9-18)17-14-10-11(16)3-4-13(14)15(19)20/h3-4,10,12,17H,2,5-9H2,1H3,(H,19,20). The van der Waals surface area contributed by atoms with Crippen molar-refractivity contribution in [1.29, 1.82) is 0 Å². The smallest absolute Gasteiger partial charge is 0.337 e. The molecule has 0 bridgehead atoms. The molecule has 1 aliphatic heterocycles. The summed E-state index contributed by atoms with van der Waals surface area (Å²) >= 11 is 3.40. The summed E-state index contributed by atoms with van der Waals surface area (Å²) in [7, 11) is 0. The topological polar surface area (TPSA) is 52.6 Å². The molecule has 0 aromatic heterocycles. The van der Waals surface area contributed by atoms with Crippen molar-refractivity contribution in [2.24, 2.45) is 0 Å². The Morgan fingerprint density at radius 3 is 2.75 bits per heavy atom. The molecule has 1 saturated heterocycles. The summed E-state index contributed by atoms with van der Waals surface area (Å²) in [5.41, 5.74) is 1.05. The lowest BCUT2D eigenvalue weighted by molar-refractivity contribution is 0.0698. The van der Waals surface area contributed by atoms with E-state index >= 15 is 0 Å². The van der Waals surface area contributed by atoms with Gasteiger partial charge in [0.05, 0.1) is 11.3 Å². The zero-order valence-corrected chi connectivity index (χ0v) is 13.3. The van der Waals surface area contributed by atoms with Gasteiger partial charge in [0.25, 0.3) is 0 Å². The van der Waals surface area contributed by atoms with E-state index in [1.165, 1.54) is 6.42 Å². The molecular weight excluding hydrogens is 320 g/mol. The molecule has 0 saturated carbocycles. The first-order valence-electron chi connectivity index (χ1n) is 7.12. The lowest BCUT2D eigenvalue weighted by Crippen LogP contribution is -2.39. The molecule has 2 rings (SSSR count). The molecule has 1 aromatic rings. The van der Waals surface area contributed by atoms with Gasteiger partial charge in [0.15, 0.2) is 0 Å². The monoisotopic (exact) mass is 340 g/mol. The molecule has 110 valence electrons. The summed E-state index contributed by atoms with van der Waals surface area (Å²) in [6.45, 7) is 5.53. The number of nitrogens with one attached hydrogen (secondary N) is 1. The van der Waals surface area contributed by atoms with Crippen molar-refractivity contribution in [3.8, 4) is 0 Å². The highest BCUT2D eigenvalue weighted by Gasteiger charge is 2.20. The predicted molar refractivity (Wildman–Crippen MR) is 84.5 cm³/mol. The summed E-state index contributed by atoms with van der Waals surface area (Å²) in [5.74, 6) is -0.886. The van der Waals surface area contributed by atoms with E-state index in [1.54, 1.807) is 12.1 Å². The lowest BCUT2D eigenvalue weighted by atomic mass is 10.0. The first-order valence-corrected chi connectivity index (χ1v) is 7.91. The van der Waals surface area contributed by atoms with Crippen LogP contribution in [0.15, 0.2) is 22.7 Å². The van der Waals surface area contributed by atoms with Crippen LogP contribution in [0.25, 0.3) is 0 Å². The lowest BCUT2D eigenvalue weighted by Gasteiger charge is -2.32. The third kappa shape index (κ3) is 3.96. The molecule has 4 nitrogen and oxygen atoms in total. The zero-order chi connectivity index (χ0) is 14.5. The van der Waals surface area contributed by atoms with Crippen molar-refractivity contribution in [1.82, 2.24) is 4.90 Å². The minimum atomic E-state index is -0.886. The van der Waals surface area contributed by atoms with Crippen LogP contribution < -0.4 is 5.32 Å². The van der Waals surface area contributed by atoms with Gasteiger partial charge in [-0.1, -0.05) is 22.9 Å². The normalized spacial score (nSPS) is 17.1. The molecule has 0 spiro atoms. The van der Waals surface area contributed by atoms with Gasteiger partial charge in [0, 0.05) is 23.6 Å². The number of carboxylic acids is 1. The van der Waals surface area contributed by atoms with E-state index in [9.17, 15) is 9.90 Å². The zero-order valence-electron chi connectivity index (χ0n) is 11.7. The number of hydrogen-bond donors (Lipinski definition) is 2. The third-order valence-corrected chi connectivity index (χ3v) is 4.19. The minimum absolute atomic E-state index is 0.337. The fourth-order valence-electron chi connectivity index (χ4n) is 2.66. The Bertz CT molecular complexity index is 471. The van der Waals surface area contributed by atoms with E-state index < -0.39 is 5.97 Å². The molecule has 1 heterocycles. The summed E-state index contributed by atoms with van der Waals surface area (Å²) in [5, 5.41) is 12.6. The molecule has 0 radical (unpaired) electrons. The van der Waals surface area contributed by atoms with Gasteiger partial charge < -0.3 is 15.3 Å². The SMILES string of the molecule is CCCN1CCC(Nc2cc(Br)ccc2C(=O)O)CC1. The molecule has 5 heteroatoms. The van der Waals surface area contributed by atoms with E-state index in [1.807, 2.05) is 6.07 Å². The Labute approximate surface area is 128 Å². The number of likely N-dealkylation sites (tertiary alicyclic amines) is 1. The van der Waals surface area contributed by atoms with Gasteiger partial charge in [0.1, 0.15) is 0 Å². The highest BCUT2D eigenvalue weighted by Crippen LogP contribution is 2.24. The molecule has 20 heavy (non-hydrogen) atoms. The number of aromatic carboxylic acids is 1. The van der Waals surface area contributed by atoms with E-state index in [-0.39, 0.29) is 0 Å². The van der Waals surface area contributed by atoms with Crippen LogP contribution in [0.2, 0.25) is 0 Å². The highest BCUT2D eigenvalue weighted by molar-refractivity contribution is 9.10. The quantitative estimate of drug-likeness (QED) is 0.862. The molecule has 2 N–H and O–H groups in total. The largest absolute Gasteiger partial charge is 0.478 e. The summed E-state index contributed by atoms with van der Waals surface area (Å²) in [6.07, 6.45) is 3.31. The molecule has 1 fully saturated rings. The van der Waals surface area contributed by atoms with E-state index in [2.05, 4.69) is 33.1 Å². The molecule has 1 aromatic carbocycles. The first-order chi connectivity index (χ1) is 9.60. The Hall–Kier alpha value is -1.07. The van der Waals surface area contributed by atoms with Crippen molar-refractivity contribution in [2.45, 2.75) is 32.2 Å². The second-order valence-electron chi connectivity index (χ2n) is 5.26. The number of halogens is 1. The Morgan fingerprint density at radius 2 is 2.15 bits per heavy atom. The number of hydrogen-bond acceptors (Lipinski definition) is 3. The van der Waals surface area contributed by atoms with Crippen LogP contribution in [0, 0.1) is 0 Å². The number of carboxylic acid groups (broad SMARTS) is 1. The van der Waals surface area contributed by atoms with Crippen LogP contribution in [0.1, 0.15) is 36.5 Å². The maximum Gasteiger partial charge on any atom is 0.337 e. The number of anilines is 1. The summed E-state index contributed by atoms with van der Waals surface area (Å²) in [4.78, 5) is 13.7. The average molecular weight is 341 g/mol. The van der Waals surface area contributed by atoms with Crippen LogP contribution in [-0.4, -0.2) is 41.7 Å². The number of nitrogens with zero attached hydrogens (tertiary/aromatic N) is 1. The Kier molecular flexibility index (Phi) is 5.43. The van der Waals surface area contributed by atoms with Crippen molar-refractivity contribution in [3.05, 3.63) is 28.2 Å². The average Bonchev–Trinajstić information content (AvgIpc) is 2.41. The molecular formula is C15H21BrN2O2. The Balaban J connectivity index is 2.00. The van der Waals surface area contributed by atoms with Crippen LogP contribution in [0.4, 0.5) is 5.69 Å². The van der Waals surface area contributed by atoms with Gasteiger partial charge in [-0.25, -0.2) is 4.79 Å². The minimum Gasteiger partial charge on any atom is -0.478 e. The van der Waals surface area contributed by atoms with Crippen LogP contribution >= 0.6 is 15.9 Å². The second-order valence-corrected chi connectivity index (χ2v) is 6.17. The Morgan fingerprint density at radius 1 is 1.45 bits per heavy atom. The molecule has 0 amide bonds. The van der Waals surface area contributed by atoms with E-state index in [0.29, 0.717) is 17.3 Å². The van der Waals surface area contributed by atoms with Gasteiger partial charge in [-0.2, -0.15) is 0 Å². The van der Waals surface area contributed by atoms with Gasteiger partial charge in [-0.15, -0.1) is 0 Å². The van der Waals surface area contributed by atoms with Crippen molar-refractivity contribution < 1.29 is 9.90 Å². The summed E-state index contributed by atoms with van der Waals surface area (Å²) in [6, 6.07) is 5.61. The van der Waals surface area contributed by atoms with Crippen LogP contribution in [0.3, 0.4) is 0 Å².